The number of nitrogens with zero attached hydrogens (tertiary/aromatic N) is 4. The zero-order chi connectivity index (χ0) is 38.2. The van der Waals surface area contributed by atoms with Crippen molar-refractivity contribution in [1.82, 2.24) is 23.7 Å². The van der Waals surface area contributed by atoms with E-state index in [9.17, 15) is 23.7 Å². The standard InChI is InChI=1S/C34H43Cl2N8O7P/c1-22(2)30(34(48)50-6)39-33(47)28-17-24(20-42(28)4)37-31(45)27-16-23(19-41(27)3)38-32(46)29-18-25(21-43(29)5)40-52(49,44(14-12-35)15-13-36)51-26-10-8-7-9-11-26/h7-11,16-22,30H,12-15H2,1-6H3,(H,37,45)(H,38,46)(H,39,47)(H,40,49). The van der Waals surface area contributed by atoms with Crippen LogP contribution in [0.4, 0.5) is 17.1 Å². The van der Waals surface area contributed by atoms with E-state index in [1.54, 1.807) is 91.7 Å². The number of anilines is 3. The molecule has 15 nitrogen and oxygen atoms in total. The molecule has 0 aliphatic heterocycles. The third-order valence-electron chi connectivity index (χ3n) is 7.94. The summed E-state index contributed by atoms with van der Waals surface area (Å²) in [5.74, 6) is -1.53. The Morgan fingerprint density at radius 2 is 1.23 bits per heavy atom. The van der Waals surface area contributed by atoms with Crippen LogP contribution in [0.3, 0.4) is 0 Å². The number of ether oxygens (including phenoxy) is 1. The van der Waals surface area contributed by atoms with Gasteiger partial charge in [-0.1, -0.05) is 32.0 Å². The Bertz CT molecular complexity index is 1940. The van der Waals surface area contributed by atoms with Crippen molar-refractivity contribution >= 4 is 71.6 Å². The Hall–Kier alpha value is -4.69. The van der Waals surface area contributed by atoms with Gasteiger partial charge in [-0.25, -0.2) is 14.0 Å². The lowest BCUT2D eigenvalue weighted by molar-refractivity contribution is -0.144. The van der Waals surface area contributed by atoms with Crippen LogP contribution in [0.2, 0.25) is 0 Å². The minimum atomic E-state index is -3.80. The fraction of sp³-hybridized carbons (Fsp3) is 0.353. The van der Waals surface area contributed by atoms with Crippen LogP contribution in [0.15, 0.2) is 67.1 Å². The molecule has 0 aliphatic carbocycles. The van der Waals surface area contributed by atoms with Crippen LogP contribution in [0.5, 0.6) is 5.75 Å². The van der Waals surface area contributed by atoms with Crippen molar-refractivity contribution in [2.45, 2.75) is 19.9 Å². The number of amides is 3. The summed E-state index contributed by atoms with van der Waals surface area (Å²) in [5.41, 5.74) is 1.72. The number of hydrogen-bond donors (Lipinski definition) is 4. The number of hydrogen-bond acceptors (Lipinski definition) is 7. The van der Waals surface area contributed by atoms with Gasteiger partial charge >= 0.3 is 13.6 Å². The van der Waals surface area contributed by atoms with E-state index >= 15 is 0 Å². The van der Waals surface area contributed by atoms with Gasteiger partial charge in [0.2, 0.25) is 0 Å². The maximum Gasteiger partial charge on any atom is 0.419 e. The number of aromatic nitrogens is 3. The smallest absolute Gasteiger partial charge is 0.419 e. The number of methoxy groups -OCH3 is 1. The first kappa shape index (κ1) is 40.1. The van der Waals surface area contributed by atoms with Crippen LogP contribution in [-0.4, -0.2) is 80.1 Å². The number of carbonyl (C=O) groups is 4. The molecule has 280 valence electrons. The van der Waals surface area contributed by atoms with Crippen molar-refractivity contribution in [3.05, 3.63) is 84.2 Å². The highest BCUT2D eigenvalue weighted by atomic mass is 35.5. The van der Waals surface area contributed by atoms with Crippen molar-refractivity contribution in [3.63, 3.8) is 0 Å². The number of benzene rings is 1. The summed E-state index contributed by atoms with van der Waals surface area (Å²) in [7, 11) is 2.40. The molecule has 4 aromatic rings. The molecule has 0 spiro atoms. The first-order valence-electron chi connectivity index (χ1n) is 16.2. The summed E-state index contributed by atoms with van der Waals surface area (Å²) < 4.78 is 31.2. The van der Waals surface area contributed by atoms with Crippen LogP contribution in [-0.2, 0) is 35.2 Å². The van der Waals surface area contributed by atoms with Gasteiger partial charge in [0.05, 0.1) is 24.2 Å². The number of para-hydroxylation sites is 1. The SMILES string of the molecule is COC(=O)C(NC(=O)c1cc(NC(=O)c2cc(NC(=O)c3cc(NP(=O)(Oc4ccccc4)N(CCCl)CCCl)cn3C)cn2C)cn1C)C(C)C. The third kappa shape index (κ3) is 9.79. The molecular weight excluding hydrogens is 734 g/mol. The Labute approximate surface area is 312 Å². The zero-order valence-corrected chi connectivity index (χ0v) is 32.1. The van der Waals surface area contributed by atoms with Crippen molar-refractivity contribution in [2.75, 3.05) is 47.7 Å². The van der Waals surface area contributed by atoms with Crippen LogP contribution < -0.4 is 25.6 Å². The van der Waals surface area contributed by atoms with E-state index in [-0.39, 0.29) is 47.8 Å². The number of carbonyl (C=O) groups excluding carboxylic acids is 4. The number of esters is 1. The summed E-state index contributed by atoms with van der Waals surface area (Å²) in [6.07, 6.45) is 4.75. The van der Waals surface area contributed by atoms with Gasteiger partial charge in [-0.3, -0.25) is 19.5 Å². The number of alkyl halides is 2. The minimum Gasteiger partial charge on any atom is -0.467 e. The average molecular weight is 778 g/mol. The monoisotopic (exact) mass is 776 g/mol. The maximum atomic E-state index is 14.3. The predicted molar refractivity (Wildman–Crippen MR) is 202 cm³/mol. The summed E-state index contributed by atoms with van der Waals surface area (Å²) in [6.45, 7) is 4.03. The summed E-state index contributed by atoms with van der Waals surface area (Å²) >= 11 is 12.0. The van der Waals surface area contributed by atoms with Crippen molar-refractivity contribution in [1.29, 1.82) is 0 Å². The molecule has 18 heteroatoms. The highest BCUT2D eigenvalue weighted by molar-refractivity contribution is 7.58. The van der Waals surface area contributed by atoms with E-state index in [2.05, 4.69) is 21.0 Å². The van der Waals surface area contributed by atoms with E-state index < -0.39 is 37.4 Å². The molecule has 0 aliphatic rings. The first-order valence-corrected chi connectivity index (χ1v) is 18.8. The van der Waals surface area contributed by atoms with Crippen LogP contribution in [0, 0.1) is 5.92 Å². The Morgan fingerprint density at radius 1 is 0.769 bits per heavy atom. The molecule has 3 aromatic heterocycles. The van der Waals surface area contributed by atoms with Crippen LogP contribution in [0.25, 0.3) is 0 Å². The Morgan fingerprint density at radius 3 is 1.69 bits per heavy atom. The predicted octanol–water partition coefficient (Wildman–Crippen LogP) is 5.51. The minimum absolute atomic E-state index is 0.182. The van der Waals surface area contributed by atoms with Gasteiger partial charge in [-0.2, -0.15) is 0 Å². The fourth-order valence-corrected chi connectivity index (χ4v) is 7.84. The molecular formula is C34H43Cl2N8O7P. The second kappa shape index (κ2) is 17.7. The number of halogens is 2. The molecule has 0 saturated carbocycles. The topological polar surface area (TPSA) is 170 Å². The normalized spacial score (nSPS) is 13.0. The largest absolute Gasteiger partial charge is 0.467 e. The quantitative estimate of drug-likeness (QED) is 0.0614. The number of aryl methyl sites for hydroxylation is 3. The van der Waals surface area contributed by atoms with E-state index in [1.165, 1.54) is 29.9 Å². The third-order valence-corrected chi connectivity index (χ3v) is 10.4. The Kier molecular flexibility index (Phi) is 13.6. The Balaban J connectivity index is 1.46. The second-order valence-electron chi connectivity index (χ2n) is 12.2. The lowest BCUT2D eigenvalue weighted by Gasteiger charge is -2.30. The van der Waals surface area contributed by atoms with Crippen LogP contribution in [0.1, 0.15) is 45.3 Å². The van der Waals surface area contributed by atoms with Crippen LogP contribution >= 0.6 is 30.9 Å². The van der Waals surface area contributed by atoms with Gasteiger partial charge in [-0.05, 0) is 36.2 Å². The second-order valence-corrected chi connectivity index (χ2v) is 14.9. The molecule has 0 fully saturated rings. The maximum absolute atomic E-state index is 14.3. The molecule has 3 amide bonds. The molecule has 0 bridgehead atoms. The van der Waals surface area contributed by atoms with Gasteiger partial charge < -0.3 is 38.9 Å². The fourth-order valence-electron chi connectivity index (χ4n) is 5.31. The van der Waals surface area contributed by atoms with Crippen molar-refractivity contribution in [3.8, 4) is 5.75 Å². The number of rotatable bonds is 17. The molecule has 1 aromatic carbocycles. The molecule has 4 N–H and O–H groups in total. The molecule has 4 rings (SSSR count). The van der Waals surface area contributed by atoms with Crippen molar-refractivity contribution < 1.29 is 33.0 Å². The van der Waals surface area contributed by atoms with Gasteiger partial charge in [0, 0.05) is 64.6 Å². The molecule has 2 atom stereocenters. The molecule has 0 radical (unpaired) electrons. The summed E-state index contributed by atoms with van der Waals surface area (Å²) in [6, 6.07) is 12.4. The lowest BCUT2D eigenvalue weighted by Crippen LogP contribution is -2.45. The van der Waals surface area contributed by atoms with E-state index in [4.69, 9.17) is 32.5 Å². The molecule has 0 saturated heterocycles. The molecule has 52 heavy (non-hydrogen) atoms. The van der Waals surface area contributed by atoms with E-state index in [0.717, 1.165) is 0 Å². The van der Waals surface area contributed by atoms with Gasteiger partial charge in [0.25, 0.3) is 17.7 Å². The zero-order valence-electron chi connectivity index (χ0n) is 29.7. The lowest BCUT2D eigenvalue weighted by atomic mass is 10.0. The molecule has 2 unspecified atom stereocenters. The summed E-state index contributed by atoms with van der Waals surface area (Å²) in [5, 5.41) is 11.2. The first-order chi connectivity index (χ1) is 24.7. The van der Waals surface area contributed by atoms with Gasteiger partial charge in [-0.15, -0.1) is 23.2 Å². The highest BCUT2D eigenvalue weighted by Crippen LogP contribution is 2.50. The van der Waals surface area contributed by atoms with Gasteiger partial charge in [0.1, 0.15) is 28.9 Å². The van der Waals surface area contributed by atoms with Crippen molar-refractivity contribution in [2.24, 2.45) is 27.1 Å². The van der Waals surface area contributed by atoms with E-state index in [0.29, 0.717) is 22.8 Å². The average Bonchev–Trinajstić information content (AvgIpc) is 3.77. The van der Waals surface area contributed by atoms with Gasteiger partial charge in [0.15, 0.2) is 0 Å². The highest BCUT2D eigenvalue weighted by Gasteiger charge is 2.34. The molecule has 3 heterocycles. The summed E-state index contributed by atoms with van der Waals surface area (Å²) in [4.78, 5) is 51.8. The number of nitrogens with one attached hydrogen (secondary N) is 4. The van der Waals surface area contributed by atoms with E-state index in [1.807, 2.05) is 6.07 Å².